The average molecular weight is 567 g/mol. The van der Waals surface area contributed by atoms with E-state index in [0.717, 1.165) is 33.6 Å². The second-order valence-corrected chi connectivity index (χ2v) is 11.9. The first kappa shape index (κ1) is 29.0. The third kappa shape index (κ3) is 6.54. The van der Waals surface area contributed by atoms with Crippen LogP contribution >= 0.6 is 0 Å². The van der Waals surface area contributed by atoms with E-state index in [1.165, 1.54) is 0 Å². The van der Waals surface area contributed by atoms with E-state index in [2.05, 4.69) is 39.8 Å². The zero-order chi connectivity index (χ0) is 29.9. The Morgan fingerprint density at radius 1 is 0.857 bits per heavy atom. The number of amides is 1. The van der Waals surface area contributed by atoms with E-state index in [4.69, 9.17) is 9.47 Å². The van der Waals surface area contributed by atoms with E-state index in [9.17, 15) is 9.59 Å². The van der Waals surface area contributed by atoms with E-state index >= 15 is 0 Å². The maximum atomic E-state index is 13.3. The van der Waals surface area contributed by atoms with Crippen LogP contribution in [0.3, 0.4) is 0 Å². The summed E-state index contributed by atoms with van der Waals surface area (Å²) < 4.78 is 13.4. The molecule has 0 unspecified atom stereocenters. The number of nitrogens with zero attached hydrogens (tertiary/aromatic N) is 3. The Labute approximate surface area is 247 Å². The van der Waals surface area contributed by atoms with Crippen LogP contribution in [0.1, 0.15) is 74.9 Å². The van der Waals surface area contributed by atoms with Gasteiger partial charge in [-0.15, -0.1) is 10.2 Å². The van der Waals surface area contributed by atoms with Gasteiger partial charge in [0.1, 0.15) is 29.9 Å². The van der Waals surface area contributed by atoms with Gasteiger partial charge < -0.3 is 19.4 Å². The Balaban J connectivity index is 1.33. The zero-order valence-electron chi connectivity index (χ0n) is 24.8. The topological polar surface area (TPSA) is 95.3 Å². The van der Waals surface area contributed by atoms with Crippen LogP contribution in [0, 0.1) is 0 Å². The lowest BCUT2D eigenvalue weighted by atomic mass is 9.98. The summed E-state index contributed by atoms with van der Waals surface area (Å²) in [5.41, 5.74) is 4.90. The first-order chi connectivity index (χ1) is 20.1. The molecule has 0 saturated carbocycles. The highest BCUT2D eigenvalue weighted by atomic mass is 16.6. The number of alkyl carbamates (subject to hydrolysis) is 1. The molecule has 0 bridgehead atoms. The fourth-order valence-electron chi connectivity index (χ4n) is 5.53. The fourth-order valence-corrected chi connectivity index (χ4v) is 5.53. The summed E-state index contributed by atoms with van der Waals surface area (Å²) in [6, 6.07) is 25.4. The van der Waals surface area contributed by atoms with E-state index in [1.54, 1.807) is 20.8 Å². The van der Waals surface area contributed by atoms with E-state index in [1.807, 2.05) is 73.0 Å². The molecule has 0 fully saturated rings. The van der Waals surface area contributed by atoms with Crippen LogP contribution in [0.15, 0.2) is 78.9 Å². The molecule has 8 heteroatoms. The number of ether oxygens (including phenoxy) is 2. The third-order valence-electron chi connectivity index (χ3n) is 7.27. The lowest BCUT2D eigenvalue weighted by molar-refractivity contribution is -0.157. The van der Waals surface area contributed by atoms with E-state index in [0.29, 0.717) is 12.2 Å². The maximum Gasteiger partial charge on any atom is 0.407 e. The van der Waals surface area contributed by atoms with Crippen LogP contribution in [-0.2, 0) is 27.1 Å². The molecule has 0 radical (unpaired) electrons. The summed E-state index contributed by atoms with van der Waals surface area (Å²) in [5.74, 6) is 0.729. The van der Waals surface area contributed by atoms with Gasteiger partial charge in [0.15, 0.2) is 0 Å². The van der Waals surface area contributed by atoms with Gasteiger partial charge in [0.25, 0.3) is 0 Å². The largest absolute Gasteiger partial charge is 0.458 e. The molecule has 0 saturated heterocycles. The molecule has 1 N–H and O–H groups in total. The highest BCUT2D eigenvalue weighted by molar-refractivity contribution is 5.82. The minimum Gasteiger partial charge on any atom is -0.458 e. The molecule has 5 rings (SSSR count). The van der Waals surface area contributed by atoms with Gasteiger partial charge in [0, 0.05) is 24.8 Å². The minimum atomic E-state index is -1.01. The van der Waals surface area contributed by atoms with E-state index < -0.39 is 23.7 Å². The summed E-state index contributed by atoms with van der Waals surface area (Å²) in [7, 11) is 0. The summed E-state index contributed by atoms with van der Waals surface area (Å²) in [5, 5.41) is 11.6. The normalized spacial score (nSPS) is 13.4. The van der Waals surface area contributed by atoms with Crippen molar-refractivity contribution in [1.82, 2.24) is 20.1 Å². The fraction of sp³-hybridized carbons (Fsp3) is 0.353. The van der Waals surface area contributed by atoms with Crippen LogP contribution in [0.5, 0.6) is 0 Å². The van der Waals surface area contributed by atoms with Crippen molar-refractivity contribution in [3.63, 3.8) is 0 Å². The monoisotopic (exact) mass is 566 g/mol. The van der Waals surface area contributed by atoms with Gasteiger partial charge in [-0.25, -0.2) is 9.59 Å². The lowest BCUT2D eigenvalue weighted by Crippen LogP contribution is -2.46. The number of carbonyl (C=O) groups is 2. The Kier molecular flexibility index (Phi) is 8.43. The van der Waals surface area contributed by atoms with Crippen LogP contribution in [-0.4, -0.2) is 45.1 Å². The Hall–Kier alpha value is -4.46. The lowest BCUT2D eigenvalue weighted by Gasteiger charge is -2.25. The van der Waals surface area contributed by atoms with Crippen LogP contribution in [0.2, 0.25) is 0 Å². The molecule has 1 heterocycles. The van der Waals surface area contributed by atoms with Gasteiger partial charge in [-0.3, -0.25) is 0 Å². The summed E-state index contributed by atoms with van der Waals surface area (Å²) in [6.45, 7) is 9.62. The number of carbonyl (C=O) groups excluding carboxylic acids is 2. The highest BCUT2D eigenvalue weighted by Crippen LogP contribution is 2.44. The first-order valence-corrected chi connectivity index (χ1v) is 14.4. The number of fused-ring (bicyclic) bond motifs is 3. The van der Waals surface area contributed by atoms with Crippen molar-refractivity contribution in [2.24, 2.45) is 0 Å². The molecule has 1 atom stereocenters. The van der Waals surface area contributed by atoms with Crippen LogP contribution < -0.4 is 5.32 Å². The average Bonchev–Trinajstić information content (AvgIpc) is 3.49. The molecule has 3 aromatic carbocycles. The Bertz CT molecular complexity index is 1510. The molecule has 8 nitrogen and oxygen atoms in total. The number of esters is 1. The molecule has 0 spiro atoms. The number of hydrogen-bond donors (Lipinski definition) is 1. The van der Waals surface area contributed by atoms with Gasteiger partial charge in [-0.1, -0.05) is 78.9 Å². The third-order valence-corrected chi connectivity index (χ3v) is 7.27. The number of hydrogen-bond acceptors (Lipinski definition) is 6. The van der Waals surface area contributed by atoms with Crippen molar-refractivity contribution in [1.29, 1.82) is 0 Å². The molecular formula is C34H38N4O4. The smallest absolute Gasteiger partial charge is 0.407 e. The van der Waals surface area contributed by atoms with Gasteiger partial charge >= 0.3 is 12.1 Å². The van der Waals surface area contributed by atoms with Crippen LogP contribution in [0.4, 0.5) is 4.79 Å². The van der Waals surface area contributed by atoms with E-state index in [-0.39, 0.29) is 25.0 Å². The number of nitrogens with one attached hydrogen (secondary N) is 1. The van der Waals surface area contributed by atoms with Crippen molar-refractivity contribution in [2.75, 3.05) is 6.61 Å². The Morgan fingerprint density at radius 3 is 2.02 bits per heavy atom. The molecule has 4 aromatic rings. The molecule has 42 heavy (non-hydrogen) atoms. The summed E-state index contributed by atoms with van der Waals surface area (Å²) >= 11 is 0. The number of benzene rings is 3. The standard InChI is InChI=1S/C34H38N4O4/c1-22(2)38-30(19-23-13-7-6-8-14-23)36-37-31(38)20-29(32(39)42-34(3,4)5)35-33(40)41-21-28-26-17-11-9-15-24(26)25-16-10-12-18-27(25)28/h6-18,22,28-29H,19-21H2,1-5H3,(H,35,40)/t29-/m0/s1. The van der Waals surface area contributed by atoms with Crippen molar-refractivity contribution < 1.29 is 19.1 Å². The van der Waals surface area contributed by atoms with Crippen molar-refractivity contribution in [3.05, 3.63) is 107 Å². The molecule has 1 amide bonds. The molecule has 1 aliphatic rings. The molecule has 0 aliphatic heterocycles. The number of rotatable bonds is 9. The van der Waals surface area contributed by atoms with Crippen LogP contribution in [0.25, 0.3) is 11.1 Å². The SMILES string of the molecule is CC(C)n1c(Cc2ccccc2)nnc1C[C@H](NC(=O)OCC1c2ccccc2-c2ccccc21)C(=O)OC(C)(C)C. The molecular weight excluding hydrogens is 528 g/mol. The number of aromatic nitrogens is 3. The predicted molar refractivity (Wildman–Crippen MR) is 161 cm³/mol. The molecule has 218 valence electrons. The summed E-state index contributed by atoms with van der Waals surface area (Å²) in [6.07, 6.45) is 0.0231. The first-order valence-electron chi connectivity index (χ1n) is 14.4. The second kappa shape index (κ2) is 12.2. The van der Waals surface area contributed by atoms with Gasteiger partial charge in [-0.05, 0) is 62.4 Å². The second-order valence-electron chi connectivity index (χ2n) is 11.9. The minimum absolute atomic E-state index is 0.0439. The van der Waals surface area contributed by atoms with Crippen molar-refractivity contribution >= 4 is 12.1 Å². The quantitative estimate of drug-likeness (QED) is 0.241. The molecule has 1 aliphatic carbocycles. The Morgan fingerprint density at radius 2 is 1.43 bits per heavy atom. The summed E-state index contributed by atoms with van der Waals surface area (Å²) in [4.78, 5) is 26.5. The van der Waals surface area contributed by atoms with Gasteiger partial charge in [0.2, 0.25) is 0 Å². The van der Waals surface area contributed by atoms with Crippen molar-refractivity contribution in [3.8, 4) is 11.1 Å². The predicted octanol–water partition coefficient (Wildman–Crippen LogP) is 6.24. The van der Waals surface area contributed by atoms with Crippen molar-refractivity contribution in [2.45, 2.75) is 71.1 Å². The zero-order valence-corrected chi connectivity index (χ0v) is 24.8. The maximum absolute atomic E-state index is 13.3. The van der Waals surface area contributed by atoms with Gasteiger partial charge in [0.05, 0.1) is 0 Å². The van der Waals surface area contributed by atoms with Gasteiger partial charge in [-0.2, -0.15) is 0 Å². The highest BCUT2D eigenvalue weighted by Gasteiger charge is 2.32. The molecule has 1 aromatic heterocycles.